The van der Waals surface area contributed by atoms with Gasteiger partial charge >= 0.3 is 11.2 Å². The van der Waals surface area contributed by atoms with Gasteiger partial charge in [0.05, 0.1) is 4.92 Å². The van der Waals surface area contributed by atoms with Gasteiger partial charge in [0.2, 0.25) is 5.75 Å². The van der Waals surface area contributed by atoms with E-state index in [4.69, 9.17) is 0 Å². The van der Waals surface area contributed by atoms with Crippen LogP contribution in [0.25, 0.3) is 0 Å². The summed E-state index contributed by atoms with van der Waals surface area (Å²) in [5, 5.41) is 10.7. The zero-order valence-corrected chi connectivity index (χ0v) is 9.99. The topological polar surface area (TPSA) is 52.4 Å². The van der Waals surface area contributed by atoms with E-state index in [1.165, 1.54) is 19.1 Å². The van der Waals surface area contributed by atoms with E-state index in [0.717, 1.165) is 6.07 Å². The van der Waals surface area contributed by atoms with Crippen LogP contribution in [0.3, 0.4) is 0 Å². The number of benzene rings is 1. The van der Waals surface area contributed by atoms with Gasteiger partial charge in [0, 0.05) is 5.56 Å². The Hall–Kier alpha value is -1.22. The van der Waals surface area contributed by atoms with Crippen molar-refractivity contribution in [3.8, 4) is 5.75 Å². The molecule has 0 aliphatic rings. The summed E-state index contributed by atoms with van der Waals surface area (Å²) in [6, 6.07) is 3.85. The minimum absolute atomic E-state index is 0.210. The number of halogens is 3. The van der Waals surface area contributed by atoms with Crippen molar-refractivity contribution in [2.75, 3.05) is 0 Å². The number of nitro benzene ring substituents is 1. The van der Waals surface area contributed by atoms with Crippen LogP contribution in [0, 0.1) is 17.0 Å². The Morgan fingerprint density at radius 3 is 2.53 bits per heavy atom. The molecule has 9 heteroatoms. The van der Waals surface area contributed by atoms with Crippen LogP contribution in [-0.2, 0) is 20.9 Å². The third-order valence-corrected chi connectivity index (χ3v) is 3.22. The molecule has 1 atom stereocenters. The van der Waals surface area contributed by atoms with E-state index in [1.54, 1.807) is 0 Å². The van der Waals surface area contributed by atoms with Crippen molar-refractivity contribution < 1.29 is 22.3 Å². The van der Waals surface area contributed by atoms with Crippen LogP contribution in [-0.4, -0.2) is 10.4 Å². The Bertz CT molecular complexity index is 476. The van der Waals surface area contributed by atoms with Gasteiger partial charge < -0.3 is 4.18 Å². The van der Waals surface area contributed by atoms with Crippen molar-refractivity contribution in [2.45, 2.75) is 12.4 Å². The summed E-state index contributed by atoms with van der Waals surface area (Å²) in [6.07, 6.45) is 0. The third kappa shape index (κ3) is 3.37. The standard InChI is InChI=1S/C8H6F3NO3S2/c1-5-3-2-4-6(7(5)12(13)14)15-17(16)8(9,10)11/h2-4H,1H3. The predicted octanol–water partition coefficient (Wildman–Crippen LogP) is 2.80. The van der Waals surface area contributed by atoms with Crippen molar-refractivity contribution in [3.05, 3.63) is 33.9 Å². The number of hydrogen-bond donors (Lipinski definition) is 0. The molecule has 94 valence electrons. The first-order valence-corrected chi connectivity index (χ1v) is 6.22. The van der Waals surface area contributed by atoms with E-state index in [-0.39, 0.29) is 5.56 Å². The highest BCUT2D eigenvalue weighted by Crippen LogP contribution is 2.33. The van der Waals surface area contributed by atoms with Crippen LogP contribution < -0.4 is 4.18 Å². The first kappa shape index (κ1) is 13.8. The molecule has 1 aromatic rings. The highest BCUT2D eigenvalue weighted by molar-refractivity contribution is 8.26. The average Bonchev–Trinajstić information content (AvgIpc) is 2.15. The lowest BCUT2D eigenvalue weighted by molar-refractivity contribution is -0.386. The Balaban J connectivity index is 3.12. The second kappa shape index (κ2) is 4.96. The van der Waals surface area contributed by atoms with Gasteiger partial charge in [-0.1, -0.05) is 12.1 Å². The number of nitrogens with zero attached hydrogens (tertiary/aromatic N) is 1. The summed E-state index contributed by atoms with van der Waals surface area (Å²) in [4.78, 5) is 9.89. The third-order valence-electron chi connectivity index (χ3n) is 1.74. The lowest BCUT2D eigenvalue weighted by Crippen LogP contribution is -2.20. The van der Waals surface area contributed by atoms with E-state index in [1.807, 2.05) is 0 Å². The predicted molar refractivity (Wildman–Crippen MR) is 59.2 cm³/mol. The summed E-state index contributed by atoms with van der Waals surface area (Å²) in [5.41, 5.74) is -5.01. The van der Waals surface area contributed by atoms with E-state index < -0.39 is 31.6 Å². The molecule has 0 aliphatic heterocycles. The smallest absolute Gasteiger partial charge is 0.408 e. The molecule has 0 aliphatic carbocycles. The number of hydrogen-bond acceptors (Lipinski definition) is 4. The van der Waals surface area contributed by atoms with Gasteiger partial charge in [-0.25, -0.2) is 0 Å². The number of para-hydroxylation sites is 1. The minimum atomic E-state index is -4.72. The average molecular weight is 285 g/mol. The second-order valence-electron chi connectivity index (χ2n) is 2.94. The Morgan fingerprint density at radius 1 is 1.47 bits per heavy atom. The summed E-state index contributed by atoms with van der Waals surface area (Å²) in [7, 11) is -2.79. The zero-order chi connectivity index (χ0) is 13.2. The Morgan fingerprint density at radius 2 is 2.06 bits per heavy atom. The monoisotopic (exact) mass is 285 g/mol. The number of aryl methyl sites for hydroxylation is 1. The molecule has 0 saturated carbocycles. The molecule has 0 heterocycles. The molecule has 0 aromatic heterocycles. The van der Waals surface area contributed by atoms with Gasteiger partial charge in [-0.3, -0.25) is 10.1 Å². The fourth-order valence-electron chi connectivity index (χ4n) is 1.06. The minimum Gasteiger partial charge on any atom is -0.408 e. The van der Waals surface area contributed by atoms with Crippen LogP contribution in [0.15, 0.2) is 18.2 Å². The van der Waals surface area contributed by atoms with E-state index in [2.05, 4.69) is 15.4 Å². The van der Waals surface area contributed by atoms with Gasteiger partial charge in [-0.2, -0.15) is 13.2 Å². The van der Waals surface area contributed by atoms with Gasteiger partial charge in [0.1, 0.15) is 0 Å². The highest BCUT2D eigenvalue weighted by Gasteiger charge is 2.37. The van der Waals surface area contributed by atoms with Crippen molar-refractivity contribution in [1.82, 2.24) is 0 Å². The maximum Gasteiger partial charge on any atom is 0.481 e. The van der Waals surface area contributed by atoms with E-state index in [0.29, 0.717) is 0 Å². The second-order valence-corrected chi connectivity index (χ2v) is 4.95. The summed E-state index contributed by atoms with van der Waals surface area (Å²) in [6.45, 7) is 1.40. The lowest BCUT2D eigenvalue weighted by atomic mass is 10.2. The molecule has 0 radical (unpaired) electrons. The number of rotatable bonds is 3. The largest absolute Gasteiger partial charge is 0.481 e. The van der Waals surface area contributed by atoms with Crippen molar-refractivity contribution in [3.63, 3.8) is 0 Å². The van der Waals surface area contributed by atoms with Gasteiger partial charge in [-0.05, 0) is 24.2 Å². The molecule has 0 fully saturated rings. The van der Waals surface area contributed by atoms with Crippen molar-refractivity contribution in [1.29, 1.82) is 0 Å². The lowest BCUT2D eigenvalue weighted by Gasteiger charge is -2.11. The van der Waals surface area contributed by atoms with Gasteiger partial charge in [0.15, 0.2) is 9.74 Å². The molecule has 0 N–H and O–H groups in total. The SMILES string of the molecule is Cc1cccc(OS(=S)C(F)(F)F)c1[N+](=O)[O-]. The summed E-state index contributed by atoms with van der Waals surface area (Å²) >= 11 is 4.10. The molecule has 4 nitrogen and oxygen atoms in total. The van der Waals surface area contributed by atoms with E-state index >= 15 is 0 Å². The molecule has 0 spiro atoms. The van der Waals surface area contributed by atoms with Crippen LogP contribution >= 0.6 is 0 Å². The first-order valence-electron chi connectivity index (χ1n) is 4.14. The van der Waals surface area contributed by atoms with E-state index in [9.17, 15) is 23.3 Å². The van der Waals surface area contributed by atoms with Crippen LogP contribution in [0.2, 0.25) is 0 Å². The molecule has 1 aromatic carbocycles. The van der Waals surface area contributed by atoms with Crippen LogP contribution in [0.4, 0.5) is 18.9 Å². The molecular formula is C8H6F3NO3S2. The van der Waals surface area contributed by atoms with Gasteiger partial charge in [-0.15, -0.1) is 0 Å². The summed E-state index contributed by atoms with van der Waals surface area (Å²) < 4.78 is 41.0. The van der Waals surface area contributed by atoms with Crippen LogP contribution in [0.1, 0.15) is 5.56 Å². The summed E-state index contributed by atoms with van der Waals surface area (Å²) in [5.74, 6) is -0.467. The first-order chi connectivity index (χ1) is 7.73. The number of alkyl halides is 3. The van der Waals surface area contributed by atoms with Crippen molar-refractivity contribution in [2.24, 2.45) is 0 Å². The molecule has 0 saturated heterocycles. The molecule has 0 amide bonds. The maximum absolute atomic E-state index is 12.2. The quantitative estimate of drug-likeness (QED) is 0.633. The number of nitro groups is 1. The fourth-order valence-corrected chi connectivity index (χ4v) is 1.67. The normalized spacial score (nSPS) is 13.2. The fraction of sp³-hybridized carbons (Fsp3) is 0.250. The Labute approximate surface area is 101 Å². The van der Waals surface area contributed by atoms with Crippen molar-refractivity contribution >= 4 is 26.6 Å². The van der Waals surface area contributed by atoms with Crippen LogP contribution in [0.5, 0.6) is 5.75 Å². The molecule has 1 rings (SSSR count). The molecule has 0 bridgehead atoms. The Kier molecular flexibility index (Phi) is 4.04. The molecule has 17 heavy (non-hydrogen) atoms. The molecule has 1 unspecified atom stereocenters. The highest BCUT2D eigenvalue weighted by atomic mass is 32.8. The maximum atomic E-state index is 12.2. The molecular weight excluding hydrogens is 279 g/mol. The zero-order valence-electron chi connectivity index (χ0n) is 8.35. The van der Waals surface area contributed by atoms with Gasteiger partial charge in [0.25, 0.3) is 0 Å².